The van der Waals surface area contributed by atoms with E-state index in [-0.39, 0.29) is 30.5 Å². The van der Waals surface area contributed by atoms with Crippen molar-refractivity contribution in [2.75, 3.05) is 23.4 Å². The van der Waals surface area contributed by atoms with E-state index in [1.54, 1.807) is 12.1 Å². The maximum atomic E-state index is 12.1. The quantitative estimate of drug-likeness (QED) is 0.806. The van der Waals surface area contributed by atoms with E-state index in [1.807, 2.05) is 6.07 Å². The summed E-state index contributed by atoms with van der Waals surface area (Å²) >= 11 is 0. The van der Waals surface area contributed by atoms with E-state index in [0.717, 1.165) is 37.9 Å². The van der Waals surface area contributed by atoms with Crippen molar-refractivity contribution < 1.29 is 19.1 Å². The van der Waals surface area contributed by atoms with Gasteiger partial charge >= 0.3 is 5.97 Å². The number of ether oxygens (including phenoxy) is 1. The van der Waals surface area contributed by atoms with Crippen LogP contribution in [0.4, 0.5) is 11.4 Å². The van der Waals surface area contributed by atoms with Crippen LogP contribution in [0.15, 0.2) is 18.2 Å². The van der Waals surface area contributed by atoms with Crippen LogP contribution in [-0.4, -0.2) is 43.0 Å². The Morgan fingerprint density at radius 1 is 1.29 bits per heavy atom. The Labute approximate surface area is 139 Å². The van der Waals surface area contributed by atoms with Crippen LogP contribution >= 0.6 is 0 Å². The summed E-state index contributed by atoms with van der Waals surface area (Å²) in [6, 6.07) is 5.24. The van der Waals surface area contributed by atoms with Gasteiger partial charge < -0.3 is 20.3 Å². The zero-order chi connectivity index (χ0) is 16.7. The number of nitrogens with zero attached hydrogens (tertiary/aromatic N) is 1. The average molecular weight is 329 g/mol. The van der Waals surface area contributed by atoms with Gasteiger partial charge in [0.2, 0.25) is 5.91 Å². The van der Waals surface area contributed by atoms with Gasteiger partial charge in [0, 0.05) is 12.6 Å². The predicted molar refractivity (Wildman–Crippen MR) is 86.9 cm³/mol. The Morgan fingerprint density at radius 3 is 2.92 bits per heavy atom. The second-order valence-electron chi connectivity index (χ2n) is 6.49. The summed E-state index contributed by atoms with van der Waals surface area (Å²) in [5.41, 5.74) is 1.88. The molecule has 0 aromatic heterocycles. The number of fused-ring (bicyclic) bond motifs is 3. The molecule has 2 N–H and O–H groups in total. The van der Waals surface area contributed by atoms with Crippen molar-refractivity contribution >= 4 is 29.2 Å². The molecule has 1 aliphatic carbocycles. The number of benzene rings is 1. The first-order valence-corrected chi connectivity index (χ1v) is 8.30. The summed E-state index contributed by atoms with van der Waals surface area (Å²) in [5.74, 6) is -0.882. The fourth-order valence-electron chi connectivity index (χ4n) is 3.27. The van der Waals surface area contributed by atoms with E-state index < -0.39 is 5.97 Å². The molecular formula is C17H19N3O4. The number of hydrogen-bond donors (Lipinski definition) is 2. The highest BCUT2D eigenvalue weighted by atomic mass is 16.5. The second kappa shape index (κ2) is 5.81. The van der Waals surface area contributed by atoms with Gasteiger partial charge in [-0.3, -0.25) is 9.59 Å². The standard InChI is InChI=1S/C17H19N3O4/c21-15(18-11-4-5-11)9-24-17(23)10-3-6-13-12(8-10)19-16(22)14-2-1-7-20(13)14/h3,6,8,11,14H,1-2,4-5,7,9H2,(H,18,21)(H,19,22). The lowest BCUT2D eigenvalue weighted by Gasteiger charge is -2.33. The normalized spacial score (nSPS) is 21.6. The molecule has 7 nitrogen and oxygen atoms in total. The van der Waals surface area contributed by atoms with Gasteiger partial charge in [-0.25, -0.2) is 4.79 Å². The molecule has 24 heavy (non-hydrogen) atoms. The number of hydrogen-bond acceptors (Lipinski definition) is 5. The second-order valence-corrected chi connectivity index (χ2v) is 6.49. The zero-order valence-electron chi connectivity index (χ0n) is 13.2. The molecule has 2 aliphatic heterocycles. The van der Waals surface area contributed by atoms with E-state index >= 15 is 0 Å². The number of rotatable bonds is 4. The Bertz CT molecular complexity index is 714. The van der Waals surface area contributed by atoms with Gasteiger partial charge in [0.1, 0.15) is 6.04 Å². The Kier molecular flexibility index (Phi) is 3.63. The fourth-order valence-corrected chi connectivity index (χ4v) is 3.27. The highest BCUT2D eigenvalue weighted by Crippen LogP contribution is 2.37. The van der Waals surface area contributed by atoms with E-state index in [0.29, 0.717) is 11.3 Å². The summed E-state index contributed by atoms with van der Waals surface area (Å²) in [4.78, 5) is 37.9. The van der Waals surface area contributed by atoms with Gasteiger partial charge in [0.25, 0.3) is 5.91 Å². The van der Waals surface area contributed by atoms with Crippen molar-refractivity contribution in [1.82, 2.24) is 5.32 Å². The first-order valence-electron chi connectivity index (χ1n) is 8.30. The first kappa shape index (κ1) is 15.0. The highest BCUT2D eigenvalue weighted by Gasteiger charge is 2.36. The smallest absolute Gasteiger partial charge is 0.338 e. The van der Waals surface area contributed by atoms with Crippen molar-refractivity contribution in [2.24, 2.45) is 0 Å². The van der Waals surface area contributed by atoms with Gasteiger partial charge in [0.05, 0.1) is 16.9 Å². The topological polar surface area (TPSA) is 87.7 Å². The van der Waals surface area contributed by atoms with Crippen LogP contribution in [0.5, 0.6) is 0 Å². The molecule has 7 heteroatoms. The molecule has 1 saturated carbocycles. The van der Waals surface area contributed by atoms with Crippen LogP contribution in [0.1, 0.15) is 36.0 Å². The monoisotopic (exact) mass is 329 g/mol. The van der Waals surface area contributed by atoms with Crippen LogP contribution in [-0.2, 0) is 14.3 Å². The third kappa shape index (κ3) is 2.81. The summed E-state index contributed by atoms with van der Waals surface area (Å²) in [6.45, 7) is 0.559. The Balaban J connectivity index is 1.44. The van der Waals surface area contributed by atoms with Crippen molar-refractivity contribution in [2.45, 2.75) is 37.8 Å². The molecular weight excluding hydrogens is 310 g/mol. The van der Waals surface area contributed by atoms with E-state index in [9.17, 15) is 14.4 Å². The zero-order valence-corrected chi connectivity index (χ0v) is 13.2. The van der Waals surface area contributed by atoms with Crippen LogP contribution in [0.25, 0.3) is 0 Å². The number of esters is 1. The molecule has 0 bridgehead atoms. The van der Waals surface area contributed by atoms with Crippen LogP contribution in [0.2, 0.25) is 0 Å². The molecule has 126 valence electrons. The molecule has 2 heterocycles. The summed E-state index contributed by atoms with van der Waals surface area (Å²) in [5, 5.41) is 5.62. The molecule has 4 rings (SSSR count). The molecule has 3 aliphatic rings. The van der Waals surface area contributed by atoms with Crippen LogP contribution in [0, 0.1) is 0 Å². The van der Waals surface area contributed by atoms with Crippen molar-refractivity contribution in [3.05, 3.63) is 23.8 Å². The van der Waals surface area contributed by atoms with Gasteiger partial charge in [-0.15, -0.1) is 0 Å². The lowest BCUT2D eigenvalue weighted by Crippen LogP contribution is -2.43. The minimum absolute atomic E-state index is 0.0330. The van der Waals surface area contributed by atoms with Crippen molar-refractivity contribution in [1.29, 1.82) is 0 Å². The lowest BCUT2D eigenvalue weighted by molar-refractivity contribution is -0.124. The average Bonchev–Trinajstić information content (AvgIpc) is 3.23. The molecule has 2 fully saturated rings. The Hall–Kier alpha value is -2.57. The minimum Gasteiger partial charge on any atom is -0.452 e. The molecule has 1 aromatic carbocycles. The number of anilines is 2. The number of amides is 2. The van der Waals surface area contributed by atoms with E-state index in [4.69, 9.17) is 4.74 Å². The third-order valence-electron chi connectivity index (χ3n) is 4.63. The lowest BCUT2D eigenvalue weighted by atomic mass is 10.1. The van der Waals surface area contributed by atoms with Gasteiger partial charge in [-0.1, -0.05) is 0 Å². The van der Waals surface area contributed by atoms with E-state index in [2.05, 4.69) is 15.5 Å². The van der Waals surface area contributed by atoms with Crippen LogP contribution < -0.4 is 15.5 Å². The first-order chi connectivity index (χ1) is 11.6. The summed E-state index contributed by atoms with van der Waals surface area (Å²) in [7, 11) is 0. The van der Waals surface area contributed by atoms with E-state index in [1.165, 1.54) is 0 Å². The maximum Gasteiger partial charge on any atom is 0.338 e. The summed E-state index contributed by atoms with van der Waals surface area (Å²) < 4.78 is 5.05. The van der Waals surface area contributed by atoms with Gasteiger partial charge in [-0.2, -0.15) is 0 Å². The third-order valence-corrected chi connectivity index (χ3v) is 4.63. The highest BCUT2D eigenvalue weighted by molar-refractivity contribution is 6.05. The molecule has 1 atom stereocenters. The number of carbonyl (C=O) groups is 3. The number of carbonyl (C=O) groups excluding carboxylic acids is 3. The molecule has 2 amide bonds. The predicted octanol–water partition coefficient (Wildman–Crippen LogP) is 1.04. The maximum absolute atomic E-state index is 12.1. The Morgan fingerprint density at radius 2 is 2.12 bits per heavy atom. The molecule has 1 saturated heterocycles. The van der Waals surface area contributed by atoms with Gasteiger partial charge in [0.15, 0.2) is 6.61 Å². The minimum atomic E-state index is -0.568. The fraction of sp³-hybridized carbons (Fsp3) is 0.471. The molecule has 1 aromatic rings. The van der Waals surface area contributed by atoms with Crippen molar-refractivity contribution in [3.63, 3.8) is 0 Å². The SMILES string of the molecule is O=C(COC(=O)c1ccc2c(c1)NC(=O)C1CCCN21)NC1CC1. The van der Waals surface area contributed by atoms with Crippen LogP contribution in [0.3, 0.4) is 0 Å². The summed E-state index contributed by atoms with van der Waals surface area (Å²) in [6.07, 6.45) is 3.81. The van der Waals surface area contributed by atoms with Crippen molar-refractivity contribution in [3.8, 4) is 0 Å². The molecule has 0 radical (unpaired) electrons. The molecule has 0 spiro atoms. The largest absolute Gasteiger partial charge is 0.452 e. The number of nitrogens with one attached hydrogen (secondary N) is 2. The molecule has 1 unspecified atom stereocenters. The van der Waals surface area contributed by atoms with Gasteiger partial charge in [-0.05, 0) is 43.9 Å².